The molecule has 1 atom stereocenters. The molecule has 6 nitrogen and oxygen atoms in total. The van der Waals surface area contributed by atoms with Gasteiger partial charge in [0.2, 0.25) is 5.91 Å². The second-order valence-electron chi connectivity index (χ2n) is 4.90. The minimum atomic E-state index is -0.408. The molecule has 0 spiro atoms. The third kappa shape index (κ3) is 3.33. The van der Waals surface area contributed by atoms with E-state index in [9.17, 15) is 14.9 Å². The Morgan fingerprint density at radius 3 is 2.70 bits per heavy atom. The topological polar surface area (TPSA) is 75.5 Å². The standard InChI is InChI=1S/C14H19N3O3/c1-2-15-13-8-10-16(14(13)18)9-7-11-3-5-12(6-4-11)17(19)20/h3-6,13,15H,2,7-10H2,1H3. The van der Waals surface area contributed by atoms with Gasteiger partial charge in [-0.1, -0.05) is 19.1 Å². The van der Waals surface area contributed by atoms with Gasteiger partial charge in [0.1, 0.15) is 0 Å². The van der Waals surface area contributed by atoms with Crippen molar-refractivity contribution >= 4 is 11.6 Å². The fourth-order valence-electron chi connectivity index (χ4n) is 2.45. The van der Waals surface area contributed by atoms with Crippen molar-refractivity contribution in [2.24, 2.45) is 0 Å². The quantitative estimate of drug-likeness (QED) is 0.629. The van der Waals surface area contributed by atoms with Crippen molar-refractivity contribution < 1.29 is 9.72 Å². The second-order valence-corrected chi connectivity index (χ2v) is 4.90. The monoisotopic (exact) mass is 277 g/mol. The minimum Gasteiger partial charge on any atom is -0.341 e. The zero-order chi connectivity index (χ0) is 14.5. The minimum absolute atomic E-state index is 0.0446. The number of likely N-dealkylation sites (tertiary alicyclic amines) is 1. The SMILES string of the molecule is CCNC1CCN(CCc2ccc([N+](=O)[O-])cc2)C1=O. The number of hydrogen-bond donors (Lipinski definition) is 1. The van der Waals surface area contributed by atoms with Gasteiger partial charge in [0, 0.05) is 25.2 Å². The Kier molecular flexibility index (Phi) is 4.68. The van der Waals surface area contributed by atoms with E-state index in [0.717, 1.165) is 31.5 Å². The van der Waals surface area contributed by atoms with Crippen LogP contribution in [0.3, 0.4) is 0 Å². The number of rotatable bonds is 6. The molecule has 2 rings (SSSR count). The van der Waals surface area contributed by atoms with Gasteiger partial charge in [-0.05, 0) is 24.9 Å². The number of non-ortho nitro benzene ring substituents is 1. The van der Waals surface area contributed by atoms with Crippen molar-refractivity contribution in [2.75, 3.05) is 19.6 Å². The zero-order valence-corrected chi connectivity index (χ0v) is 11.5. The maximum Gasteiger partial charge on any atom is 0.269 e. The van der Waals surface area contributed by atoms with Gasteiger partial charge < -0.3 is 10.2 Å². The van der Waals surface area contributed by atoms with E-state index in [1.807, 2.05) is 11.8 Å². The van der Waals surface area contributed by atoms with Gasteiger partial charge in [-0.3, -0.25) is 14.9 Å². The summed E-state index contributed by atoms with van der Waals surface area (Å²) < 4.78 is 0. The summed E-state index contributed by atoms with van der Waals surface area (Å²) in [6.07, 6.45) is 1.58. The Hall–Kier alpha value is -1.95. The molecule has 1 aliphatic heterocycles. The highest BCUT2D eigenvalue weighted by Gasteiger charge is 2.30. The molecule has 0 radical (unpaired) electrons. The fourth-order valence-corrected chi connectivity index (χ4v) is 2.45. The molecule has 6 heteroatoms. The molecule has 1 unspecified atom stereocenters. The lowest BCUT2D eigenvalue weighted by Gasteiger charge is -2.16. The van der Waals surface area contributed by atoms with Crippen LogP contribution in [0.25, 0.3) is 0 Å². The molecule has 1 saturated heterocycles. The highest BCUT2D eigenvalue weighted by Crippen LogP contribution is 2.15. The summed E-state index contributed by atoms with van der Waals surface area (Å²) in [5, 5.41) is 13.7. The summed E-state index contributed by atoms with van der Waals surface area (Å²) in [4.78, 5) is 24.0. The highest BCUT2D eigenvalue weighted by molar-refractivity contribution is 5.83. The maximum atomic E-state index is 12.0. The summed E-state index contributed by atoms with van der Waals surface area (Å²) in [6, 6.07) is 6.46. The lowest BCUT2D eigenvalue weighted by molar-refractivity contribution is -0.384. The van der Waals surface area contributed by atoms with Crippen LogP contribution in [0.1, 0.15) is 18.9 Å². The second kappa shape index (κ2) is 6.47. The van der Waals surface area contributed by atoms with Gasteiger partial charge in [0.05, 0.1) is 11.0 Å². The first kappa shape index (κ1) is 14.5. The third-order valence-corrected chi connectivity index (χ3v) is 3.57. The summed E-state index contributed by atoms with van der Waals surface area (Å²) >= 11 is 0. The molecule has 0 saturated carbocycles. The number of hydrogen-bond acceptors (Lipinski definition) is 4. The first-order valence-electron chi connectivity index (χ1n) is 6.87. The van der Waals surface area contributed by atoms with E-state index in [0.29, 0.717) is 6.54 Å². The Labute approximate surface area is 117 Å². The van der Waals surface area contributed by atoms with Gasteiger partial charge in [-0.25, -0.2) is 0 Å². The van der Waals surface area contributed by atoms with Crippen molar-refractivity contribution in [3.8, 4) is 0 Å². The number of carbonyl (C=O) groups excluding carboxylic acids is 1. The summed E-state index contributed by atoms with van der Waals surface area (Å²) in [5.41, 5.74) is 1.11. The predicted octanol–water partition coefficient (Wildman–Crippen LogP) is 1.35. The molecule has 1 aromatic rings. The van der Waals surface area contributed by atoms with E-state index in [1.54, 1.807) is 12.1 Å². The molecule has 1 aliphatic rings. The summed E-state index contributed by atoms with van der Waals surface area (Å²) in [5.74, 6) is 0.161. The van der Waals surface area contributed by atoms with Crippen LogP contribution in [0.15, 0.2) is 24.3 Å². The molecule has 1 heterocycles. The Bertz CT molecular complexity index is 487. The normalized spacial score (nSPS) is 18.6. The number of nitrogens with zero attached hydrogens (tertiary/aromatic N) is 2. The van der Waals surface area contributed by atoms with Crippen molar-refractivity contribution in [1.29, 1.82) is 0 Å². The zero-order valence-electron chi connectivity index (χ0n) is 11.5. The van der Waals surface area contributed by atoms with Gasteiger partial charge in [0.25, 0.3) is 5.69 Å². The molecule has 1 N–H and O–H groups in total. The molecule has 108 valence electrons. The van der Waals surface area contributed by atoms with E-state index < -0.39 is 4.92 Å². The highest BCUT2D eigenvalue weighted by atomic mass is 16.6. The van der Waals surface area contributed by atoms with Crippen LogP contribution in [0, 0.1) is 10.1 Å². The molecule has 0 bridgehead atoms. The van der Waals surface area contributed by atoms with Gasteiger partial charge in [-0.15, -0.1) is 0 Å². The van der Waals surface area contributed by atoms with E-state index in [4.69, 9.17) is 0 Å². The molecule has 1 fully saturated rings. The first-order valence-corrected chi connectivity index (χ1v) is 6.87. The fraction of sp³-hybridized carbons (Fsp3) is 0.500. The number of likely N-dealkylation sites (N-methyl/N-ethyl adjacent to an activating group) is 1. The van der Waals surface area contributed by atoms with E-state index in [2.05, 4.69) is 5.32 Å². The average Bonchev–Trinajstić information content (AvgIpc) is 2.79. The lowest BCUT2D eigenvalue weighted by atomic mass is 10.1. The van der Waals surface area contributed by atoms with Crippen molar-refractivity contribution in [1.82, 2.24) is 10.2 Å². The van der Waals surface area contributed by atoms with Crippen LogP contribution in [0.2, 0.25) is 0 Å². The van der Waals surface area contributed by atoms with Crippen LogP contribution in [0.5, 0.6) is 0 Å². The van der Waals surface area contributed by atoms with E-state index in [1.165, 1.54) is 12.1 Å². The largest absolute Gasteiger partial charge is 0.341 e. The first-order chi connectivity index (χ1) is 9.61. The van der Waals surface area contributed by atoms with Crippen LogP contribution in [-0.4, -0.2) is 41.4 Å². The average molecular weight is 277 g/mol. The van der Waals surface area contributed by atoms with Gasteiger partial charge in [0.15, 0.2) is 0 Å². The maximum absolute atomic E-state index is 12.0. The summed E-state index contributed by atoms with van der Waals surface area (Å²) in [6.45, 7) is 4.24. The molecule has 20 heavy (non-hydrogen) atoms. The van der Waals surface area contributed by atoms with Gasteiger partial charge >= 0.3 is 0 Å². The van der Waals surface area contributed by atoms with Crippen molar-refractivity contribution in [2.45, 2.75) is 25.8 Å². The van der Waals surface area contributed by atoms with Crippen LogP contribution >= 0.6 is 0 Å². The number of nitro benzene ring substituents is 1. The summed E-state index contributed by atoms with van der Waals surface area (Å²) in [7, 11) is 0. The Balaban J connectivity index is 1.86. The van der Waals surface area contributed by atoms with Crippen molar-refractivity contribution in [3.05, 3.63) is 39.9 Å². The van der Waals surface area contributed by atoms with E-state index >= 15 is 0 Å². The van der Waals surface area contributed by atoms with E-state index in [-0.39, 0.29) is 17.6 Å². The molecular formula is C14H19N3O3. The van der Waals surface area contributed by atoms with Crippen LogP contribution in [-0.2, 0) is 11.2 Å². The van der Waals surface area contributed by atoms with Crippen molar-refractivity contribution in [3.63, 3.8) is 0 Å². The Morgan fingerprint density at radius 1 is 1.40 bits per heavy atom. The smallest absolute Gasteiger partial charge is 0.269 e. The molecule has 0 aliphatic carbocycles. The Morgan fingerprint density at radius 2 is 2.10 bits per heavy atom. The number of nitrogens with one attached hydrogen (secondary N) is 1. The van der Waals surface area contributed by atoms with Crippen LogP contribution < -0.4 is 5.32 Å². The number of amides is 1. The van der Waals surface area contributed by atoms with Crippen LogP contribution in [0.4, 0.5) is 5.69 Å². The number of nitro groups is 1. The molecule has 0 aromatic heterocycles. The third-order valence-electron chi connectivity index (χ3n) is 3.57. The number of benzene rings is 1. The van der Waals surface area contributed by atoms with Gasteiger partial charge in [-0.2, -0.15) is 0 Å². The predicted molar refractivity (Wildman–Crippen MR) is 75.5 cm³/mol. The molecular weight excluding hydrogens is 258 g/mol. The molecule has 1 aromatic carbocycles. The lowest BCUT2D eigenvalue weighted by Crippen LogP contribution is -2.38. The molecule has 1 amide bonds. The number of carbonyl (C=O) groups is 1.